The highest BCUT2D eigenvalue weighted by Gasteiger charge is 2.18. The van der Waals surface area contributed by atoms with Gasteiger partial charge in [0.05, 0.1) is 6.61 Å². The quantitative estimate of drug-likeness (QED) is 0.485. The molecule has 1 aliphatic carbocycles. The van der Waals surface area contributed by atoms with Crippen LogP contribution < -0.4 is 0 Å². The SMILES string of the molecule is C=CC1(C)C=CC(OCCCCOC)=CC1. The first kappa shape index (κ1) is 13.0. The third-order valence-electron chi connectivity index (χ3n) is 2.85. The monoisotopic (exact) mass is 222 g/mol. The molecule has 0 amide bonds. The molecule has 0 heterocycles. The van der Waals surface area contributed by atoms with Gasteiger partial charge in [-0.15, -0.1) is 6.58 Å². The molecule has 2 heteroatoms. The number of hydrogen-bond acceptors (Lipinski definition) is 2. The van der Waals surface area contributed by atoms with Crippen molar-refractivity contribution in [2.45, 2.75) is 26.2 Å². The van der Waals surface area contributed by atoms with Crippen molar-refractivity contribution < 1.29 is 9.47 Å². The molecule has 0 aromatic carbocycles. The van der Waals surface area contributed by atoms with Crippen molar-refractivity contribution in [1.82, 2.24) is 0 Å². The number of allylic oxidation sites excluding steroid dienone is 4. The van der Waals surface area contributed by atoms with E-state index < -0.39 is 0 Å². The van der Waals surface area contributed by atoms with Crippen molar-refractivity contribution in [3.05, 3.63) is 36.6 Å². The minimum absolute atomic E-state index is 0.100. The molecule has 1 rings (SSSR count). The second-order valence-corrected chi connectivity index (χ2v) is 4.40. The van der Waals surface area contributed by atoms with E-state index in [1.165, 1.54) is 0 Å². The summed E-state index contributed by atoms with van der Waals surface area (Å²) >= 11 is 0. The third kappa shape index (κ3) is 4.23. The lowest BCUT2D eigenvalue weighted by Crippen LogP contribution is -2.11. The summed E-state index contributed by atoms with van der Waals surface area (Å²) in [6.07, 6.45) is 11.4. The summed E-state index contributed by atoms with van der Waals surface area (Å²) < 4.78 is 10.6. The minimum atomic E-state index is 0.100. The number of ether oxygens (including phenoxy) is 2. The highest BCUT2D eigenvalue weighted by atomic mass is 16.5. The molecule has 0 fully saturated rings. The van der Waals surface area contributed by atoms with Crippen LogP contribution in [0.5, 0.6) is 0 Å². The molecule has 90 valence electrons. The number of methoxy groups -OCH3 is 1. The molecule has 0 aromatic rings. The van der Waals surface area contributed by atoms with Crippen molar-refractivity contribution in [2.24, 2.45) is 5.41 Å². The van der Waals surface area contributed by atoms with Gasteiger partial charge in [0.1, 0.15) is 5.76 Å². The van der Waals surface area contributed by atoms with Gasteiger partial charge in [-0.25, -0.2) is 0 Å². The van der Waals surface area contributed by atoms with Crippen LogP contribution in [-0.2, 0) is 9.47 Å². The van der Waals surface area contributed by atoms with Crippen molar-refractivity contribution in [1.29, 1.82) is 0 Å². The van der Waals surface area contributed by atoms with Crippen molar-refractivity contribution in [2.75, 3.05) is 20.3 Å². The first-order valence-corrected chi connectivity index (χ1v) is 5.85. The lowest BCUT2D eigenvalue weighted by molar-refractivity contribution is 0.168. The zero-order chi connectivity index (χ0) is 11.9. The Morgan fingerprint density at radius 3 is 2.75 bits per heavy atom. The topological polar surface area (TPSA) is 18.5 Å². The smallest absolute Gasteiger partial charge is 0.115 e. The fourth-order valence-electron chi connectivity index (χ4n) is 1.53. The Hall–Kier alpha value is -1.02. The van der Waals surface area contributed by atoms with Gasteiger partial charge in [-0.2, -0.15) is 0 Å². The Balaban J connectivity index is 2.21. The standard InChI is InChI=1S/C14H22O2/c1-4-14(2)9-7-13(8-10-14)16-12-6-5-11-15-3/h4,7-9H,1,5-6,10-12H2,2-3H3. The minimum Gasteiger partial charge on any atom is -0.494 e. The van der Waals surface area contributed by atoms with Crippen LogP contribution in [0.25, 0.3) is 0 Å². The van der Waals surface area contributed by atoms with Crippen LogP contribution in [0.3, 0.4) is 0 Å². The average Bonchev–Trinajstić information content (AvgIpc) is 2.31. The maximum Gasteiger partial charge on any atom is 0.115 e. The summed E-state index contributed by atoms with van der Waals surface area (Å²) in [4.78, 5) is 0. The van der Waals surface area contributed by atoms with Gasteiger partial charge in [-0.05, 0) is 31.4 Å². The van der Waals surface area contributed by atoms with Gasteiger partial charge in [-0.3, -0.25) is 0 Å². The lowest BCUT2D eigenvalue weighted by atomic mass is 9.84. The van der Waals surface area contributed by atoms with Gasteiger partial charge in [-0.1, -0.05) is 19.1 Å². The van der Waals surface area contributed by atoms with Crippen LogP contribution in [0.15, 0.2) is 36.6 Å². The molecule has 1 aliphatic rings. The molecule has 0 aliphatic heterocycles. The van der Waals surface area contributed by atoms with Gasteiger partial charge >= 0.3 is 0 Å². The molecule has 0 saturated carbocycles. The fourth-order valence-corrected chi connectivity index (χ4v) is 1.53. The van der Waals surface area contributed by atoms with Crippen molar-refractivity contribution in [3.63, 3.8) is 0 Å². The summed E-state index contributed by atoms with van der Waals surface area (Å²) in [6.45, 7) is 7.59. The average molecular weight is 222 g/mol. The highest BCUT2D eigenvalue weighted by molar-refractivity contribution is 5.24. The molecule has 0 saturated heterocycles. The number of unbranched alkanes of at least 4 members (excludes halogenated alkanes) is 1. The van der Waals surface area contributed by atoms with Crippen molar-refractivity contribution >= 4 is 0 Å². The summed E-state index contributed by atoms with van der Waals surface area (Å²) in [5.41, 5.74) is 0.100. The van der Waals surface area contributed by atoms with Gasteiger partial charge in [0.15, 0.2) is 0 Å². The Morgan fingerprint density at radius 2 is 2.19 bits per heavy atom. The molecule has 0 bridgehead atoms. The van der Waals surface area contributed by atoms with Gasteiger partial charge in [0.25, 0.3) is 0 Å². The molecule has 0 spiro atoms. The largest absolute Gasteiger partial charge is 0.494 e. The normalized spacial score (nSPS) is 24.0. The Kier molecular flexibility index (Phi) is 5.33. The van der Waals surface area contributed by atoms with E-state index in [1.807, 2.05) is 12.2 Å². The maximum atomic E-state index is 5.65. The van der Waals surface area contributed by atoms with E-state index in [0.29, 0.717) is 0 Å². The third-order valence-corrected chi connectivity index (χ3v) is 2.85. The number of rotatable bonds is 7. The van der Waals surface area contributed by atoms with Gasteiger partial charge < -0.3 is 9.47 Å². The molecule has 2 nitrogen and oxygen atoms in total. The summed E-state index contributed by atoms with van der Waals surface area (Å²) in [6, 6.07) is 0. The van der Waals surface area contributed by atoms with Gasteiger partial charge in [0, 0.05) is 19.1 Å². The maximum absolute atomic E-state index is 5.65. The zero-order valence-electron chi connectivity index (χ0n) is 10.4. The molecular weight excluding hydrogens is 200 g/mol. The van der Waals surface area contributed by atoms with Crippen LogP contribution in [0, 0.1) is 5.41 Å². The Morgan fingerprint density at radius 1 is 1.44 bits per heavy atom. The van der Waals surface area contributed by atoms with Gasteiger partial charge in [0.2, 0.25) is 0 Å². The fraction of sp³-hybridized carbons (Fsp3) is 0.571. The summed E-state index contributed by atoms with van der Waals surface area (Å²) in [5, 5.41) is 0. The van der Waals surface area contributed by atoms with Crippen LogP contribution in [0.1, 0.15) is 26.2 Å². The van der Waals surface area contributed by atoms with Crippen LogP contribution in [-0.4, -0.2) is 20.3 Å². The number of hydrogen-bond donors (Lipinski definition) is 0. The van der Waals surface area contributed by atoms with Crippen molar-refractivity contribution in [3.8, 4) is 0 Å². The lowest BCUT2D eigenvalue weighted by Gasteiger charge is -2.23. The van der Waals surface area contributed by atoms with Crippen LogP contribution >= 0.6 is 0 Å². The molecule has 16 heavy (non-hydrogen) atoms. The summed E-state index contributed by atoms with van der Waals surface area (Å²) in [7, 11) is 1.73. The molecule has 1 atom stereocenters. The molecule has 0 aromatic heterocycles. The predicted octanol–water partition coefficient (Wildman–Crippen LogP) is 3.47. The second kappa shape index (κ2) is 6.54. The van der Waals surface area contributed by atoms with E-state index in [0.717, 1.165) is 38.2 Å². The van der Waals surface area contributed by atoms with E-state index in [-0.39, 0.29) is 5.41 Å². The molecule has 0 radical (unpaired) electrons. The van der Waals surface area contributed by atoms with E-state index in [4.69, 9.17) is 9.47 Å². The Labute approximate surface area is 98.6 Å². The Bertz CT molecular complexity index is 278. The highest BCUT2D eigenvalue weighted by Crippen LogP contribution is 2.30. The van der Waals surface area contributed by atoms with E-state index >= 15 is 0 Å². The summed E-state index contributed by atoms with van der Waals surface area (Å²) in [5.74, 6) is 0.983. The van der Waals surface area contributed by atoms with Crippen LogP contribution in [0.4, 0.5) is 0 Å². The first-order valence-electron chi connectivity index (χ1n) is 5.85. The molecule has 0 N–H and O–H groups in total. The first-order chi connectivity index (χ1) is 7.70. The van der Waals surface area contributed by atoms with E-state index in [9.17, 15) is 0 Å². The molecular formula is C14H22O2. The predicted molar refractivity (Wildman–Crippen MR) is 67.2 cm³/mol. The van der Waals surface area contributed by atoms with Crippen LogP contribution in [0.2, 0.25) is 0 Å². The van der Waals surface area contributed by atoms with E-state index in [2.05, 4.69) is 25.7 Å². The molecule has 1 unspecified atom stereocenters. The zero-order valence-corrected chi connectivity index (χ0v) is 10.4. The second-order valence-electron chi connectivity index (χ2n) is 4.40. The van der Waals surface area contributed by atoms with E-state index in [1.54, 1.807) is 7.11 Å².